The molecule has 0 spiro atoms. The Hall–Kier alpha value is -0.410. The van der Waals surface area contributed by atoms with Crippen LogP contribution in [0.1, 0.15) is 40.5 Å². The first-order chi connectivity index (χ1) is 7.10. The molecule has 0 aliphatic heterocycles. The lowest BCUT2D eigenvalue weighted by molar-refractivity contribution is 0.136. The predicted octanol–water partition coefficient (Wildman–Crippen LogP) is 2.33. The molecule has 3 atom stereocenters. The second-order valence-corrected chi connectivity index (χ2v) is 4.32. The maximum Gasteiger partial charge on any atom is 0.0571 e. The highest BCUT2D eigenvalue weighted by atomic mass is 15.3. The average molecular weight is 213 g/mol. The Morgan fingerprint density at radius 1 is 1.27 bits per heavy atom. The molecule has 3 heteroatoms. The van der Waals surface area contributed by atoms with Crippen molar-refractivity contribution in [3.63, 3.8) is 0 Å². The van der Waals surface area contributed by atoms with Gasteiger partial charge in [0.2, 0.25) is 0 Å². The Kier molecular flexibility index (Phi) is 7.61. The van der Waals surface area contributed by atoms with Gasteiger partial charge in [-0.3, -0.25) is 4.90 Å². The molecule has 0 heterocycles. The molecule has 0 radical (unpaired) electrons. The van der Waals surface area contributed by atoms with E-state index in [9.17, 15) is 0 Å². The Morgan fingerprint density at radius 3 is 2.20 bits per heavy atom. The molecule has 2 N–H and O–H groups in total. The van der Waals surface area contributed by atoms with Crippen LogP contribution in [0.3, 0.4) is 0 Å². The van der Waals surface area contributed by atoms with Crippen LogP contribution in [0.4, 0.5) is 0 Å². The van der Waals surface area contributed by atoms with E-state index in [4.69, 9.17) is 5.41 Å². The van der Waals surface area contributed by atoms with E-state index >= 15 is 0 Å². The van der Waals surface area contributed by atoms with E-state index in [2.05, 4.69) is 37.9 Å². The molecule has 0 rings (SSSR count). The van der Waals surface area contributed by atoms with Crippen molar-refractivity contribution in [2.75, 3.05) is 13.6 Å². The van der Waals surface area contributed by atoms with Gasteiger partial charge in [-0.05, 0) is 26.3 Å². The molecule has 0 fully saturated rings. The van der Waals surface area contributed by atoms with E-state index in [1.54, 1.807) is 6.21 Å². The van der Waals surface area contributed by atoms with Crippen LogP contribution >= 0.6 is 0 Å². The molecular weight excluding hydrogens is 186 g/mol. The van der Waals surface area contributed by atoms with Gasteiger partial charge in [0.05, 0.1) is 6.17 Å². The third-order valence-electron chi connectivity index (χ3n) is 3.17. The molecule has 0 saturated carbocycles. The lowest BCUT2D eigenvalue weighted by atomic mass is 10.1. The molecule has 3 nitrogen and oxygen atoms in total. The Balaban J connectivity index is 4.48. The van der Waals surface area contributed by atoms with Crippen molar-refractivity contribution in [1.82, 2.24) is 10.2 Å². The number of nitrogens with one attached hydrogen (secondary N) is 2. The molecule has 0 aliphatic rings. The van der Waals surface area contributed by atoms with E-state index in [1.807, 2.05) is 7.05 Å². The maximum atomic E-state index is 7.47. The van der Waals surface area contributed by atoms with E-state index in [1.165, 1.54) is 6.42 Å². The van der Waals surface area contributed by atoms with Crippen LogP contribution in [-0.2, 0) is 0 Å². The van der Waals surface area contributed by atoms with Crippen LogP contribution in [-0.4, -0.2) is 36.9 Å². The van der Waals surface area contributed by atoms with Crippen LogP contribution in [0.15, 0.2) is 0 Å². The Bertz CT molecular complexity index is 170. The van der Waals surface area contributed by atoms with Crippen molar-refractivity contribution in [3.05, 3.63) is 0 Å². The van der Waals surface area contributed by atoms with E-state index in [0.717, 1.165) is 13.0 Å². The van der Waals surface area contributed by atoms with Gasteiger partial charge in [0.25, 0.3) is 0 Å². The zero-order valence-corrected chi connectivity index (χ0v) is 10.9. The monoisotopic (exact) mass is 213 g/mol. The number of hydrogen-bond acceptors (Lipinski definition) is 3. The summed E-state index contributed by atoms with van der Waals surface area (Å²) in [6, 6.07) is 0.265. The van der Waals surface area contributed by atoms with Crippen molar-refractivity contribution in [2.45, 2.75) is 52.7 Å². The Morgan fingerprint density at radius 2 is 1.87 bits per heavy atom. The summed E-state index contributed by atoms with van der Waals surface area (Å²) in [4.78, 5) is 2.38. The molecule has 0 aromatic carbocycles. The largest absolute Gasteiger partial charge is 0.311 e. The molecular formula is C12H27N3. The lowest BCUT2D eigenvalue weighted by Gasteiger charge is -2.35. The molecule has 15 heavy (non-hydrogen) atoms. The minimum atomic E-state index is 0.265. The summed E-state index contributed by atoms with van der Waals surface area (Å²) in [6.07, 6.45) is 4.11. The van der Waals surface area contributed by atoms with Crippen LogP contribution < -0.4 is 5.32 Å². The SMILES string of the molecule is CC[C@H](C)CN(C(C)NC)[C@H](C=N)CC. The van der Waals surface area contributed by atoms with Crippen LogP contribution in [0.25, 0.3) is 0 Å². The molecule has 0 amide bonds. The first kappa shape index (κ1) is 14.6. The van der Waals surface area contributed by atoms with Crippen molar-refractivity contribution >= 4 is 6.21 Å². The normalized spacial score (nSPS) is 17.5. The quantitative estimate of drug-likeness (QED) is 0.480. The highest BCUT2D eigenvalue weighted by molar-refractivity contribution is 5.60. The predicted molar refractivity (Wildman–Crippen MR) is 67.5 cm³/mol. The Labute approximate surface area is 94.7 Å². The fraction of sp³-hybridized carbons (Fsp3) is 0.917. The first-order valence-corrected chi connectivity index (χ1v) is 6.04. The van der Waals surface area contributed by atoms with Gasteiger partial charge in [-0.15, -0.1) is 0 Å². The highest BCUT2D eigenvalue weighted by Crippen LogP contribution is 2.11. The maximum absolute atomic E-state index is 7.47. The zero-order valence-electron chi connectivity index (χ0n) is 10.9. The summed E-state index contributed by atoms with van der Waals surface area (Å²) in [5.74, 6) is 0.690. The van der Waals surface area contributed by atoms with Crippen LogP contribution in [0.2, 0.25) is 0 Å². The summed E-state index contributed by atoms with van der Waals surface area (Å²) < 4.78 is 0. The minimum Gasteiger partial charge on any atom is -0.311 e. The topological polar surface area (TPSA) is 39.1 Å². The first-order valence-electron chi connectivity index (χ1n) is 6.04. The lowest BCUT2D eigenvalue weighted by Crippen LogP contribution is -2.50. The van der Waals surface area contributed by atoms with Gasteiger partial charge in [0.1, 0.15) is 0 Å². The van der Waals surface area contributed by atoms with Crippen LogP contribution in [0, 0.1) is 11.3 Å². The fourth-order valence-corrected chi connectivity index (χ4v) is 1.68. The molecule has 0 aromatic heterocycles. The molecule has 0 aromatic rings. The van der Waals surface area contributed by atoms with Gasteiger partial charge >= 0.3 is 0 Å². The number of nitrogens with zero attached hydrogens (tertiary/aromatic N) is 1. The summed E-state index contributed by atoms with van der Waals surface area (Å²) in [6.45, 7) is 9.85. The van der Waals surface area contributed by atoms with Gasteiger partial charge in [-0.25, -0.2) is 0 Å². The number of hydrogen-bond donors (Lipinski definition) is 2. The van der Waals surface area contributed by atoms with E-state index in [-0.39, 0.29) is 6.04 Å². The summed E-state index contributed by atoms with van der Waals surface area (Å²) in [7, 11) is 1.98. The van der Waals surface area contributed by atoms with Crippen molar-refractivity contribution in [3.8, 4) is 0 Å². The third kappa shape index (κ3) is 4.76. The van der Waals surface area contributed by atoms with Crippen molar-refractivity contribution in [1.29, 1.82) is 5.41 Å². The van der Waals surface area contributed by atoms with E-state index in [0.29, 0.717) is 12.1 Å². The summed E-state index contributed by atoms with van der Waals surface area (Å²) >= 11 is 0. The van der Waals surface area contributed by atoms with Gasteiger partial charge in [0, 0.05) is 18.8 Å². The highest BCUT2D eigenvalue weighted by Gasteiger charge is 2.20. The van der Waals surface area contributed by atoms with Crippen molar-refractivity contribution < 1.29 is 0 Å². The molecule has 1 unspecified atom stereocenters. The standard InChI is InChI=1S/C12H27N3/c1-6-10(3)9-15(11(4)14-5)12(7-2)8-13/h8,10-14H,6-7,9H2,1-5H3/t10-,11?,12-/m0/s1. The molecule has 90 valence electrons. The van der Waals surface area contributed by atoms with Gasteiger partial charge in [0.15, 0.2) is 0 Å². The fourth-order valence-electron chi connectivity index (χ4n) is 1.68. The van der Waals surface area contributed by atoms with E-state index < -0.39 is 0 Å². The number of rotatable bonds is 8. The minimum absolute atomic E-state index is 0.265. The molecule has 0 saturated heterocycles. The second kappa shape index (κ2) is 7.83. The summed E-state index contributed by atoms with van der Waals surface area (Å²) in [5, 5.41) is 10.7. The van der Waals surface area contributed by atoms with Gasteiger partial charge < -0.3 is 10.7 Å². The zero-order chi connectivity index (χ0) is 11.8. The smallest absolute Gasteiger partial charge is 0.0571 e. The summed E-state index contributed by atoms with van der Waals surface area (Å²) in [5.41, 5.74) is 0. The van der Waals surface area contributed by atoms with Gasteiger partial charge in [-0.1, -0.05) is 27.2 Å². The second-order valence-electron chi connectivity index (χ2n) is 4.32. The van der Waals surface area contributed by atoms with Gasteiger partial charge in [-0.2, -0.15) is 0 Å². The molecule has 0 aliphatic carbocycles. The van der Waals surface area contributed by atoms with Crippen LogP contribution in [0.5, 0.6) is 0 Å². The average Bonchev–Trinajstić information content (AvgIpc) is 2.27. The third-order valence-corrected chi connectivity index (χ3v) is 3.17. The van der Waals surface area contributed by atoms with Crippen molar-refractivity contribution in [2.24, 2.45) is 5.92 Å². The molecule has 0 bridgehead atoms.